The van der Waals surface area contributed by atoms with Crippen LogP contribution in [0.25, 0.3) is 22.1 Å². The molecule has 2 N–H and O–H groups in total. The summed E-state index contributed by atoms with van der Waals surface area (Å²) in [7, 11) is -4.03. The van der Waals surface area contributed by atoms with Crippen LogP contribution in [0.4, 0.5) is 0 Å². The highest BCUT2D eigenvalue weighted by Gasteiger charge is 2.56. The Kier molecular flexibility index (Phi) is 2.85. The zero-order valence-electron chi connectivity index (χ0n) is 12.8. The van der Waals surface area contributed by atoms with Crippen molar-refractivity contribution in [2.45, 2.75) is 12.2 Å². The number of hydrogen-bond acceptors (Lipinski definition) is 6. The molecule has 2 aromatic heterocycles. The minimum absolute atomic E-state index is 0.0702. The van der Waals surface area contributed by atoms with Gasteiger partial charge in [0.15, 0.2) is 5.82 Å². The molecule has 1 saturated heterocycles. The Morgan fingerprint density at radius 3 is 2.08 bits per heavy atom. The van der Waals surface area contributed by atoms with Crippen LogP contribution < -0.4 is 0 Å². The lowest BCUT2D eigenvalue weighted by molar-refractivity contribution is -0.201. The molecule has 0 spiro atoms. The zero-order valence-corrected chi connectivity index (χ0v) is 13.6. The lowest BCUT2D eigenvalue weighted by atomic mass is 10.2. The number of aromatic nitrogens is 4. The Balaban J connectivity index is 1.59. The van der Waals surface area contributed by atoms with Gasteiger partial charge in [-0.2, -0.15) is 8.42 Å². The van der Waals surface area contributed by atoms with E-state index in [2.05, 4.69) is 19.9 Å². The Bertz CT molecular complexity index is 1130. The van der Waals surface area contributed by atoms with Gasteiger partial charge in [-0.05, 0) is 24.3 Å². The SMILES string of the molecule is O=S1(=O)OC(Cc2nc3ccccc3[nH]2)(c2nc3ccccc3[nH]2)O1. The number of hydrogen-bond donors (Lipinski definition) is 2. The Morgan fingerprint density at radius 2 is 1.48 bits per heavy atom. The topological polar surface area (TPSA) is 110 Å². The molecule has 3 heterocycles. The van der Waals surface area contributed by atoms with Crippen molar-refractivity contribution in [3.63, 3.8) is 0 Å². The quantitative estimate of drug-likeness (QED) is 0.582. The zero-order chi connectivity index (χ0) is 17.1. The summed E-state index contributed by atoms with van der Waals surface area (Å²) in [6.45, 7) is 0. The lowest BCUT2D eigenvalue weighted by Crippen LogP contribution is -2.50. The highest BCUT2D eigenvalue weighted by Crippen LogP contribution is 2.42. The average molecular weight is 356 g/mol. The molecule has 8 nitrogen and oxygen atoms in total. The number of H-pyrrole nitrogens is 2. The Morgan fingerprint density at radius 1 is 0.880 bits per heavy atom. The first-order valence-corrected chi connectivity index (χ1v) is 8.91. The molecule has 0 unspecified atom stereocenters. The normalized spacial score (nSPS) is 18.4. The maximum atomic E-state index is 11.5. The molecule has 1 fully saturated rings. The van der Waals surface area contributed by atoms with E-state index in [1.165, 1.54) is 0 Å². The predicted molar refractivity (Wildman–Crippen MR) is 88.7 cm³/mol. The van der Waals surface area contributed by atoms with Crippen molar-refractivity contribution in [2.75, 3.05) is 0 Å². The number of nitrogens with one attached hydrogen (secondary N) is 2. The van der Waals surface area contributed by atoms with Crippen LogP contribution in [0, 0.1) is 0 Å². The fraction of sp³-hybridized carbons (Fsp3) is 0.125. The van der Waals surface area contributed by atoms with Gasteiger partial charge in [0.1, 0.15) is 5.82 Å². The molecular weight excluding hydrogens is 344 g/mol. The first-order chi connectivity index (χ1) is 12.0. The van der Waals surface area contributed by atoms with E-state index >= 15 is 0 Å². The maximum absolute atomic E-state index is 11.5. The highest BCUT2D eigenvalue weighted by molar-refractivity contribution is 7.82. The third-order valence-electron chi connectivity index (χ3n) is 4.06. The second-order valence-electron chi connectivity index (χ2n) is 5.81. The summed E-state index contributed by atoms with van der Waals surface area (Å²) in [5.74, 6) is -0.730. The molecule has 0 aliphatic carbocycles. The second-order valence-corrected chi connectivity index (χ2v) is 6.96. The van der Waals surface area contributed by atoms with Gasteiger partial charge in [0.05, 0.1) is 28.5 Å². The third-order valence-corrected chi connectivity index (χ3v) is 5.01. The average Bonchev–Trinajstić information content (AvgIpc) is 3.16. The van der Waals surface area contributed by atoms with Crippen LogP contribution >= 0.6 is 0 Å². The number of para-hydroxylation sites is 4. The summed E-state index contributed by atoms with van der Waals surface area (Å²) in [6.07, 6.45) is 0.0702. The number of nitrogens with zero attached hydrogens (tertiary/aromatic N) is 2. The largest absolute Gasteiger partial charge is 0.406 e. The number of benzene rings is 2. The fourth-order valence-electron chi connectivity index (χ4n) is 3.00. The number of rotatable bonds is 3. The lowest BCUT2D eigenvalue weighted by Gasteiger charge is -2.36. The molecule has 126 valence electrons. The van der Waals surface area contributed by atoms with Crippen LogP contribution in [-0.2, 0) is 31.0 Å². The predicted octanol–water partition coefficient (Wildman–Crippen LogP) is 2.13. The summed E-state index contributed by atoms with van der Waals surface area (Å²) in [4.78, 5) is 15.1. The van der Waals surface area contributed by atoms with Crippen LogP contribution in [0.2, 0.25) is 0 Å². The highest BCUT2D eigenvalue weighted by atomic mass is 32.3. The van der Waals surface area contributed by atoms with Gasteiger partial charge in [-0.15, -0.1) is 0 Å². The summed E-state index contributed by atoms with van der Waals surface area (Å²) in [5.41, 5.74) is 3.08. The van der Waals surface area contributed by atoms with Crippen LogP contribution in [0.1, 0.15) is 11.6 Å². The third kappa shape index (κ3) is 2.32. The smallest absolute Gasteiger partial charge is 0.342 e. The molecule has 25 heavy (non-hydrogen) atoms. The molecule has 0 amide bonds. The molecule has 4 aromatic rings. The fourth-order valence-corrected chi connectivity index (χ4v) is 3.95. The van der Waals surface area contributed by atoms with Crippen molar-refractivity contribution in [2.24, 2.45) is 0 Å². The van der Waals surface area contributed by atoms with Crippen molar-refractivity contribution < 1.29 is 16.8 Å². The van der Waals surface area contributed by atoms with Gasteiger partial charge >= 0.3 is 10.4 Å². The Hall–Kier alpha value is -2.75. The summed E-state index contributed by atoms with van der Waals surface area (Å²) in [5, 5.41) is 0. The van der Waals surface area contributed by atoms with Crippen LogP contribution in [0.15, 0.2) is 48.5 Å². The molecule has 9 heteroatoms. The van der Waals surface area contributed by atoms with Gasteiger partial charge < -0.3 is 9.97 Å². The van der Waals surface area contributed by atoms with Crippen LogP contribution in [-0.4, -0.2) is 28.4 Å². The molecule has 1 aliphatic rings. The molecule has 0 bridgehead atoms. The van der Waals surface area contributed by atoms with Crippen molar-refractivity contribution >= 4 is 32.5 Å². The van der Waals surface area contributed by atoms with Gasteiger partial charge in [0, 0.05) is 0 Å². The van der Waals surface area contributed by atoms with Gasteiger partial charge in [0.25, 0.3) is 5.79 Å². The van der Waals surface area contributed by atoms with E-state index in [0.717, 1.165) is 16.6 Å². The molecule has 0 radical (unpaired) electrons. The molecule has 1 aliphatic heterocycles. The summed E-state index contributed by atoms with van der Waals surface area (Å²) >= 11 is 0. The van der Waals surface area contributed by atoms with E-state index in [-0.39, 0.29) is 12.2 Å². The molecule has 2 aromatic carbocycles. The van der Waals surface area contributed by atoms with Crippen molar-refractivity contribution in [1.29, 1.82) is 0 Å². The van der Waals surface area contributed by atoms with E-state index in [1.54, 1.807) is 0 Å². The van der Waals surface area contributed by atoms with Crippen molar-refractivity contribution in [1.82, 2.24) is 19.9 Å². The minimum atomic E-state index is -4.03. The summed E-state index contributed by atoms with van der Waals surface area (Å²) < 4.78 is 33.3. The number of aromatic amines is 2. The molecule has 0 saturated carbocycles. The number of fused-ring (bicyclic) bond motifs is 2. The van der Waals surface area contributed by atoms with Gasteiger partial charge in [-0.3, -0.25) is 0 Å². The molecular formula is C16H12N4O4S. The van der Waals surface area contributed by atoms with Crippen molar-refractivity contribution in [3.05, 3.63) is 60.2 Å². The van der Waals surface area contributed by atoms with Crippen LogP contribution in [0.3, 0.4) is 0 Å². The molecule has 0 atom stereocenters. The first-order valence-electron chi connectivity index (χ1n) is 7.58. The Labute approximate surface area is 142 Å². The van der Waals surface area contributed by atoms with Crippen LogP contribution in [0.5, 0.6) is 0 Å². The minimum Gasteiger partial charge on any atom is -0.342 e. The summed E-state index contributed by atoms with van der Waals surface area (Å²) in [6, 6.07) is 14.9. The van der Waals surface area contributed by atoms with Gasteiger partial charge in [-0.1, -0.05) is 24.3 Å². The molecule has 5 rings (SSSR count). The van der Waals surface area contributed by atoms with E-state index < -0.39 is 16.2 Å². The maximum Gasteiger partial charge on any atom is 0.406 e. The van der Waals surface area contributed by atoms with Crippen molar-refractivity contribution in [3.8, 4) is 0 Å². The second kappa shape index (κ2) is 4.88. The monoisotopic (exact) mass is 356 g/mol. The van der Waals surface area contributed by atoms with E-state index in [4.69, 9.17) is 8.37 Å². The van der Waals surface area contributed by atoms with Gasteiger partial charge in [0.2, 0.25) is 0 Å². The first kappa shape index (κ1) is 14.6. The number of imidazole rings is 2. The van der Waals surface area contributed by atoms with E-state index in [0.29, 0.717) is 11.3 Å². The van der Waals surface area contributed by atoms with Gasteiger partial charge in [-0.25, -0.2) is 18.3 Å². The van der Waals surface area contributed by atoms with E-state index in [9.17, 15) is 8.42 Å². The standard InChI is InChI=1S/C16H12N4O4S/c21-25(22)23-16(24-25,15-19-12-7-3-4-8-13(12)20-15)9-14-17-10-5-1-2-6-11(10)18-14/h1-8H,9H2,(H,17,18)(H,19,20). The van der Waals surface area contributed by atoms with E-state index in [1.807, 2.05) is 48.5 Å².